The highest BCUT2D eigenvalue weighted by Gasteiger charge is 2.31. The zero-order chi connectivity index (χ0) is 12.5. The standard InChI is InChI=1S/C13H17IN2OS.ClH/c14-12-5-11(8-18-12)13(17)16-3-1-9-6-15-7-10(9)2-4-16;/h5,8-10,15H,1-4,6-7H2;1H/t9-,10+;. The van der Waals surface area contributed by atoms with Crippen molar-refractivity contribution in [1.82, 2.24) is 10.2 Å². The van der Waals surface area contributed by atoms with Gasteiger partial charge in [0.2, 0.25) is 0 Å². The molecule has 1 aromatic rings. The number of halogens is 2. The fourth-order valence-corrected chi connectivity index (χ4v) is 4.35. The highest BCUT2D eigenvalue weighted by Crippen LogP contribution is 2.28. The van der Waals surface area contributed by atoms with E-state index in [9.17, 15) is 4.79 Å². The third kappa shape index (κ3) is 3.43. The molecule has 2 fully saturated rings. The third-order valence-corrected chi connectivity index (χ3v) is 5.91. The van der Waals surface area contributed by atoms with E-state index >= 15 is 0 Å². The molecule has 1 amide bonds. The molecule has 0 radical (unpaired) electrons. The molecule has 0 unspecified atom stereocenters. The maximum absolute atomic E-state index is 12.4. The van der Waals surface area contributed by atoms with E-state index in [1.54, 1.807) is 11.3 Å². The molecule has 0 saturated carbocycles. The van der Waals surface area contributed by atoms with Gasteiger partial charge in [-0.3, -0.25) is 4.79 Å². The van der Waals surface area contributed by atoms with Gasteiger partial charge in [-0.1, -0.05) is 0 Å². The first-order chi connectivity index (χ1) is 8.74. The van der Waals surface area contributed by atoms with Gasteiger partial charge in [-0.2, -0.15) is 0 Å². The van der Waals surface area contributed by atoms with Crippen molar-refractivity contribution in [3.63, 3.8) is 0 Å². The van der Waals surface area contributed by atoms with E-state index in [4.69, 9.17) is 0 Å². The molecule has 0 aliphatic carbocycles. The van der Waals surface area contributed by atoms with Gasteiger partial charge < -0.3 is 10.2 Å². The molecule has 2 aliphatic heterocycles. The van der Waals surface area contributed by atoms with Crippen LogP contribution in [0.5, 0.6) is 0 Å². The van der Waals surface area contributed by atoms with Gasteiger partial charge in [-0.25, -0.2) is 0 Å². The average Bonchev–Trinajstić information content (AvgIpc) is 2.94. The monoisotopic (exact) mass is 412 g/mol. The van der Waals surface area contributed by atoms with Crippen LogP contribution >= 0.6 is 46.3 Å². The molecule has 0 aromatic carbocycles. The van der Waals surface area contributed by atoms with Gasteiger partial charge in [0.25, 0.3) is 5.91 Å². The van der Waals surface area contributed by atoms with Crippen LogP contribution < -0.4 is 5.32 Å². The summed E-state index contributed by atoms with van der Waals surface area (Å²) in [6, 6.07) is 2.00. The maximum Gasteiger partial charge on any atom is 0.254 e. The van der Waals surface area contributed by atoms with Crippen LogP contribution in [0.3, 0.4) is 0 Å². The molecule has 0 bridgehead atoms. The lowest BCUT2D eigenvalue weighted by atomic mass is 9.92. The van der Waals surface area contributed by atoms with E-state index in [0.717, 1.165) is 56.4 Å². The summed E-state index contributed by atoms with van der Waals surface area (Å²) >= 11 is 3.92. The summed E-state index contributed by atoms with van der Waals surface area (Å²) in [5, 5.41) is 5.45. The Hall–Kier alpha value is 0.150. The van der Waals surface area contributed by atoms with Crippen LogP contribution in [0.4, 0.5) is 0 Å². The minimum atomic E-state index is 0. The van der Waals surface area contributed by atoms with Gasteiger partial charge in [-0.15, -0.1) is 23.7 Å². The molecule has 1 aromatic heterocycles. The van der Waals surface area contributed by atoms with E-state index in [2.05, 4.69) is 32.8 Å². The molecule has 2 aliphatic rings. The van der Waals surface area contributed by atoms with E-state index in [1.165, 1.54) is 2.88 Å². The van der Waals surface area contributed by atoms with Crippen molar-refractivity contribution in [3.8, 4) is 0 Å². The van der Waals surface area contributed by atoms with Gasteiger partial charge in [0.05, 0.1) is 8.45 Å². The number of thiophene rings is 1. The van der Waals surface area contributed by atoms with Crippen LogP contribution in [0.25, 0.3) is 0 Å². The summed E-state index contributed by atoms with van der Waals surface area (Å²) in [4.78, 5) is 14.5. The SMILES string of the molecule is Cl.O=C(c1csc(I)c1)N1CC[C@@H]2CNC[C@@H]2CC1. The number of fused-ring (bicyclic) bond motifs is 1. The van der Waals surface area contributed by atoms with Gasteiger partial charge in [0.15, 0.2) is 0 Å². The minimum Gasteiger partial charge on any atom is -0.339 e. The van der Waals surface area contributed by atoms with Crippen LogP contribution in [-0.2, 0) is 0 Å². The first-order valence-corrected chi connectivity index (χ1v) is 8.44. The number of carbonyl (C=O) groups is 1. The Morgan fingerprint density at radius 3 is 2.47 bits per heavy atom. The zero-order valence-corrected chi connectivity index (χ0v) is 14.4. The van der Waals surface area contributed by atoms with Gasteiger partial charge in [0, 0.05) is 18.5 Å². The molecule has 3 heterocycles. The van der Waals surface area contributed by atoms with E-state index < -0.39 is 0 Å². The fourth-order valence-electron chi connectivity index (χ4n) is 3.03. The van der Waals surface area contributed by atoms with Crippen molar-refractivity contribution < 1.29 is 4.79 Å². The molecule has 0 spiro atoms. The Labute approximate surface area is 137 Å². The number of nitrogens with zero attached hydrogens (tertiary/aromatic N) is 1. The second-order valence-corrected chi connectivity index (χ2v) is 7.99. The zero-order valence-electron chi connectivity index (χ0n) is 10.6. The maximum atomic E-state index is 12.4. The lowest BCUT2D eigenvalue weighted by Crippen LogP contribution is -2.32. The Balaban J connectivity index is 0.00000133. The molecule has 3 nitrogen and oxygen atoms in total. The van der Waals surface area contributed by atoms with Gasteiger partial charge in [0.1, 0.15) is 0 Å². The molecule has 2 atom stereocenters. The molecule has 6 heteroatoms. The highest BCUT2D eigenvalue weighted by atomic mass is 127. The van der Waals surface area contributed by atoms with Crippen molar-refractivity contribution in [2.24, 2.45) is 11.8 Å². The summed E-state index contributed by atoms with van der Waals surface area (Å²) < 4.78 is 1.19. The number of hydrogen-bond acceptors (Lipinski definition) is 3. The van der Waals surface area contributed by atoms with E-state index in [1.807, 2.05) is 11.4 Å². The summed E-state index contributed by atoms with van der Waals surface area (Å²) in [5.74, 6) is 1.79. The van der Waals surface area contributed by atoms with Crippen molar-refractivity contribution >= 4 is 52.2 Å². The Kier molecular flexibility index (Phi) is 5.51. The molecule has 19 heavy (non-hydrogen) atoms. The van der Waals surface area contributed by atoms with Crippen LogP contribution in [0.2, 0.25) is 0 Å². The third-order valence-electron chi connectivity index (χ3n) is 4.12. The second-order valence-electron chi connectivity index (χ2n) is 5.19. The molecular weight excluding hydrogens is 395 g/mol. The Morgan fingerprint density at radius 2 is 1.95 bits per heavy atom. The van der Waals surface area contributed by atoms with Crippen molar-refractivity contribution in [2.75, 3.05) is 26.2 Å². The summed E-state index contributed by atoms with van der Waals surface area (Å²) in [6.07, 6.45) is 2.31. The van der Waals surface area contributed by atoms with E-state index in [0.29, 0.717) is 0 Å². The van der Waals surface area contributed by atoms with Crippen LogP contribution in [0.1, 0.15) is 23.2 Å². The molecular formula is C13H18ClIN2OS. The Bertz CT molecular complexity index is 440. The predicted octanol–water partition coefficient (Wildman–Crippen LogP) is 2.85. The number of hydrogen-bond donors (Lipinski definition) is 1. The molecule has 1 N–H and O–H groups in total. The molecule has 3 rings (SSSR count). The van der Waals surface area contributed by atoms with Crippen molar-refractivity contribution in [2.45, 2.75) is 12.8 Å². The summed E-state index contributed by atoms with van der Waals surface area (Å²) in [6.45, 7) is 4.13. The topological polar surface area (TPSA) is 32.3 Å². The van der Waals surface area contributed by atoms with Crippen molar-refractivity contribution in [3.05, 3.63) is 19.9 Å². The van der Waals surface area contributed by atoms with Crippen molar-refractivity contribution in [1.29, 1.82) is 0 Å². The molecule has 2 saturated heterocycles. The smallest absolute Gasteiger partial charge is 0.254 e. The highest BCUT2D eigenvalue weighted by molar-refractivity contribution is 14.1. The van der Waals surface area contributed by atoms with Gasteiger partial charge >= 0.3 is 0 Å². The summed E-state index contributed by atoms with van der Waals surface area (Å²) in [5.41, 5.74) is 0.870. The minimum absolute atomic E-state index is 0. The van der Waals surface area contributed by atoms with Crippen LogP contribution in [-0.4, -0.2) is 37.0 Å². The number of likely N-dealkylation sites (tertiary alicyclic amines) is 1. The number of carbonyl (C=O) groups excluding carboxylic acids is 1. The number of nitrogens with one attached hydrogen (secondary N) is 1. The Morgan fingerprint density at radius 1 is 1.32 bits per heavy atom. The van der Waals surface area contributed by atoms with Crippen LogP contribution in [0.15, 0.2) is 11.4 Å². The largest absolute Gasteiger partial charge is 0.339 e. The van der Waals surface area contributed by atoms with E-state index in [-0.39, 0.29) is 18.3 Å². The lowest BCUT2D eigenvalue weighted by molar-refractivity contribution is 0.0759. The average molecular weight is 413 g/mol. The number of amides is 1. The number of rotatable bonds is 1. The quantitative estimate of drug-likeness (QED) is 0.720. The summed E-state index contributed by atoms with van der Waals surface area (Å²) in [7, 11) is 0. The van der Waals surface area contributed by atoms with Gasteiger partial charge in [-0.05, 0) is 66.4 Å². The lowest BCUT2D eigenvalue weighted by Gasteiger charge is -2.20. The first kappa shape index (κ1) is 15.5. The fraction of sp³-hybridized carbons (Fsp3) is 0.615. The molecule has 106 valence electrons. The predicted molar refractivity (Wildman–Crippen MR) is 89.3 cm³/mol. The normalized spacial score (nSPS) is 26.5. The van der Waals surface area contributed by atoms with Crippen LogP contribution in [0, 0.1) is 14.7 Å². The second kappa shape index (κ2) is 6.74. The first-order valence-electron chi connectivity index (χ1n) is 6.48.